The molecule has 1 rings (SSSR count). The van der Waals surface area contributed by atoms with E-state index in [9.17, 15) is 0 Å². The number of hydrogen-bond donors (Lipinski definition) is 0. The van der Waals surface area contributed by atoms with Crippen LogP contribution in [0.3, 0.4) is 0 Å². The second-order valence-electron chi connectivity index (χ2n) is 3.93. The molecule has 0 aromatic carbocycles. The molecule has 48 valence electrons. The Balaban J connectivity index is 2.42. The molecule has 0 unspecified atom stereocenters. The van der Waals surface area contributed by atoms with Gasteiger partial charge in [0.2, 0.25) is 0 Å². The second-order valence-corrected chi connectivity index (χ2v) is 19.7. The van der Waals surface area contributed by atoms with Crippen LogP contribution in [0.15, 0.2) is 0 Å². The molecule has 1 fully saturated rings. The molecule has 0 N–H and O–H groups in total. The van der Waals surface area contributed by atoms with Gasteiger partial charge in [0.05, 0.1) is 0 Å². The highest BCUT2D eigenvalue weighted by molar-refractivity contribution is 9.26. The van der Waals surface area contributed by atoms with Crippen molar-refractivity contribution in [2.24, 2.45) is 0 Å². The van der Waals surface area contributed by atoms with E-state index in [0.717, 1.165) is 0 Å². The highest BCUT2D eigenvalue weighted by Gasteiger charge is 2.46. The summed E-state index contributed by atoms with van der Waals surface area (Å²) in [5.41, 5.74) is 3.19. The maximum Gasteiger partial charge on any atom is 0.122 e. The standard InChI is InChI=1S/C5H13BrSi2/c1-7(2)4-8(3,6)5-7/h4-5H2,1-3H3. The smallest absolute Gasteiger partial charge is 0.122 e. The van der Waals surface area contributed by atoms with Crippen LogP contribution in [-0.2, 0) is 0 Å². The van der Waals surface area contributed by atoms with E-state index in [-0.39, 0.29) is 0 Å². The largest absolute Gasteiger partial charge is 0.127 e. The zero-order chi connectivity index (χ0) is 6.41. The van der Waals surface area contributed by atoms with Gasteiger partial charge in [-0.2, -0.15) is 0 Å². The lowest BCUT2D eigenvalue weighted by Crippen LogP contribution is -2.53. The Bertz CT molecular complexity index is 87.0. The van der Waals surface area contributed by atoms with Crippen LogP contribution >= 0.6 is 15.3 Å². The van der Waals surface area contributed by atoms with Gasteiger partial charge in [0.1, 0.15) is 6.69 Å². The molecule has 0 nitrogen and oxygen atoms in total. The summed E-state index contributed by atoms with van der Waals surface area (Å²) in [7, 11) is -0.571. The minimum Gasteiger partial charge on any atom is -0.127 e. The molecule has 3 heteroatoms. The molecule has 0 amide bonds. The van der Waals surface area contributed by atoms with Gasteiger partial charge in [0, 0.05) is 8.07 Å². The van der Waals surface area contributed by atoms with Gasteiger partial charge in [0.25, 0.3) is 0 Å². The zero-order valence-electron chi connectivity index (χ0n) is 5.79. The summed E-state index contributed by atoms with van der Waals surface area (Å²) in [6.45, 7) is 6.70. The fraction of sp³-hybridized carbons (Fsp3) is 1.00. The molecular weight excluding hydrogens is 196 g/mol. The maximum atomic E-state index is 3.81. The number of rotatable bonds is 0. The summed E-state index contributed by atoms with van der Waals surface area (Å²) in [4.78, 5) is 0. The summed E-state index contributed by atoms with van der Waals surface area (Å²) in [5, 5.41) is 0. The molecule has 1 aliphatic rings. The van der Waals surface area contributed by atoms with Gasteiger partial charge >= 0.3 is 0 Å². The van der Waals surface area contributed by atoms with Crippen LogP contribution < -0.4 is 0 Å². The Labute approximate surface area is 61.3 Å². The first kappa shape index (κ1) is 7.03. The van der Waals surface area contributed by atoms with E-state index >= 15 is 0 Å². The third-order valence-electron chi connectivity index (χ3n) is 1.69. The topological polar surface area (TPSA) is 0 Å². The highest BCUT2D eigenvalue weighted by Crippen LogP contribution is 2.43. The van der Waals surface area contributed by atoms with Crippen LogP contribution in [0.25, 0.3) is 0 Å². The van der Waals surface area contributed by atoms with E-state index in [1.165, 1.54) is 0 Å². The summed E-state index contributed by atoms with van der Waals surface area (Å²) in [6.07, 6.45) is 0. The van der Waals surface area contributed by atoms with Gasteiger partial charge in [0.15, 0.2) is 0 Å². The normalized spacial score (nSPS) is 31.5. The van der Waals surface area contributed by atoms with E-state index in [2.05, 4.69) is 34.9 Å². The Morgan fingerprint density at radius 3 is 1.50 bits per heavy atom. The Morgan fingerprint density at radius 1 is 1.12 bits per heavy atom. The molecule has 1 aliphatic heterocycles. The molecule has 0 bridgehead atoms. The number of hydrogen-bond acceptors (Lipinski definition) is 0. The Kier molecular flexibility index (Phi) is 1.49. The fourth-order valence-corrected chi connectivity index (χ4v) is 31.2. The van der Waals surface area contributed by atoms with Crippen LogP contribution in [0.2, 0.25) is 31.0 Å². The quantitative estimate of drug-likeness (QED) is 0.425. The van der Waals surface area contributed by atoms with Crippen molar-refractivity contribution < 1.29 is 0 Å². The first-order valence-electron chi connectivity index (χ1n) is 3.10. The van der Waals surface area contributed by atoms with Crippen molar-refractivity contribution in [2.75, 3.05) is 0 Å². The predicted molar refractivity (Wildman–Crippen MR) is 47.6 cm³/mol. The molecule has 0 aromatic rings. The lowest BCUT2D eigenvalue weighted by molar-refractivity contribution is 1.40. The van der Waals surface area contributed by atoms with Crippen molar-refractivity contribution in [3.05, 3.63) is 0 Å². The van der Waals surface area contributed by atoms with Crippen molar-refractivity contribution in [1.82, 2.24) is 0 Å². The summed E-state index contributed by atoms with van der Waals surface area (Å²) in [5.74, 6) is 0. The van der Waals surface area contributed by atoms with Crippen LogP contribution in [-0.4, -0.2) is 14.8 Å². The van der Waals surface area contributed by atoms with Gasteiger partial charge < -0.3 is 0 Å². The molecule has 0 radical (unpaired) electrons. The summed E-state index contributed by atoms with van der Waals surface area (Å²) in [6, 6.07) is 0. The van der Waals surface area contributed by atoms with E-state index < -0.39 is 14.8 Å². The van der Waals surface area contributed by atoms with E-state index in [0.29, 0.717) is 0 Å². The molecule has 0 aliphatic carbocycles. The van der Waals surface area contributed by atoms with Crippen LogP contribution in [0.4, 0.5) is 0 Å². The van der Waals surface area contributed by atoms with Gasteiger partial charge in [-0.05, 0) is 0 Å². The molecule has 0 atom stereocenters. The highest BCUT2D eigenvalue weighted by atomic mass is 79.9. The number of halogens is 1. The summed E-state index contributed by atoms with van der Waals surface area (Å²) >= 11 is 3.81. The third-order valence-corrected chi connectivity index (χ3v) is 20.3. The van der Waals surface area contributed by atoms with Crippen molar-refractivity contribution in [3.8, 4) is 0 Å². The van der Waals surface area contributed by atoms with Crippen molar-refractivity contribution in [1.29, 1.82) is 0 Å². The first-order valence-corrected chi connectivity index (χ1v) is 11.7. The molecule has 1 saturated heterocycles. The molecule has 0 saturated carbocycles. The zero-order valence-corrected chi connectivity index (χ0v) is 9.38. The van der Waals surface area contributed by atoms with Gasteiger partial charge in [-0.15, -0.1) is 15.3 Å². The Hall–Kier alpha value is 0.914. The van der Waals surface area contributed by atoms with Gasteiger partial charge in [-0.25, -0.2) is 0 Å². The molecule has 0 aromatic heterocycles. The average molecular weight is 209 g/mol. The van der Waals surface area contributed by atoms with Crippen molar-refractivity contribution in [3.63, 3.8) is 0 Å². The van der Waals surface area contributed by atoms with Crippen molar-refractivity contribution >= 4 is 30.1 Å². The van der Waals surface area contributed by atoms with Crippen molar-refractivity contribution in [2.45, 2.75) is 31.0 Å². The molecule has 1 heterocycles. The fourth-order valence-electron chi connectivity index (χ4n) is 1.94. The second kappa shape index (κ2) is 1.70. The van der Waals surface area contributed by atoms with E-state index in [4.69, 9.17) is 0 Å². The minimum atomic E-state index is -0.712. The van der Waals surface area contributed by atoms with Crippen LogP contribution in [0.1, 0.15) is 0 Å². The third kappa shape index (κ3) is 1.45. The van der Waals surface area contributed by atoms with Crippen LogP contribution in [0.5, 0.6) is 0 Å². The SMILES string of the molecule is C[Si]1(C)C[Si](C)(Br)C1. The lowest BCUT2D eigenvalue weighted by atomic mass is 11.7. The maximum absolute atomic E-state index is 3.81. The van der Waals surface area contributed by atoms with Crippen LogP contribution in [0, 0.1) is 0 Å². The molecular formula is C5H13BrSi2. The monoisotopic (exact) mass is 208 g/mol. The predicted octanol–water partition coefficient (Wildman–Crippen LogP) is 2.76. The minimum absolute atomic E-state index is 0.571. The van der Waals surface area contributed by atoms with E-state index in [1.807, 2.05) is 0 Å². The summed E-state index contributed by atoms with van der Waals surface area (Å²) < 4.78 is 0. The Morgan fingerprint density at radius 2 is 1.50 bits per heavy atom. The van der Waals surface area contributed by atoms with E-state index in [1.54, 1.807) is 11.3 Å². The van der Waals surface area contributed by atoms with Gasteiger partial charge in [-0.3, -0.25) is 0 Å². The average Bonchev–Trinajstić information content (AvgIpc) is 1.20. The van der Waals surface area contributed by atoms with Gasteiger partial charge in [-0.1, -0.05) is 31.0 Å². The lowest BCUT2D eigenvalue weighted by Gasteiger charge is -2.44. The molecule has 8 heavy (non-hydrogen) atoms. The first-order chi connectivity index (χ1) is 3.41. The molecule has 0 spiro atoms.